The largest absolute Gasteiger partial charge is 0.490 e. The Labute approximate surface area is 243 Å². The number of benzene rings is 2. The molecular weight excluding hydrogens is 522 g/mol. The van der Waals surface area contributed by atoms with Crippen LogP contribution in [0.1, 0.15) is 82.9 Å². The van der Waals surface area contributed by atoms with E-state index >= 15 is 0 Å². The Morgan fingerprint density at radius 2 is 1.50 bits per heavy atom. The van der Waals surface area contributed by atoms with Gasteiger partial charge in [0.1, 0.15) is 6.61 Å². The highest BCUT2D eigenvalue weighted by atomic mass is 35.5. The smallest absolute Gasteiger partial charge is 0.180 e. The summed E-state index contributed by atoms with van der Waals surface area (Å²) in [6.07, 6.45) is 2.44. The van der Waals surface area contributed by atoms with Gasteiger partial charge in [0.25, 0.3) is 0 Å². The van der Waals surface area contributed by atoms with Crippen LogP contribution in [0.5, 0.6) is 11.5 Å². The maximum absolute atomic E-state index is 13.8. The molecule has 1 aliphatic heterocycles. The number of carbonyl (C=O) groups is 2. The van der Waals surface area contributed by atoms with Crippen LogP contribution in [-0.4, -0.2) is 30.1 Å². The maximum Gasteiger partial charge on any atom is 0.180 e. The first-order valence-corrected chi connectivity index (χ1v) is 14.6. The van der Waals surface area contributed by atoms with Crippen molar-refractivity contribution in [3.8, 4) is 11.5 Å². The number of ketones is 2. The second kappa shape index (κ2) is 10.4. The van der Waals surface area contributed by atoms with Crippen molar-refractivity contribution >= 4 is 23.2 Å². The van der Waals surface area contributed by atoms with E-state index in [1.54, 1.807) is 0 Å². The lowest BCUT2D eigenvalue weighted by atomic mass is 9.63. The summed E-state index contributed by atoms with van der Waals surface area (Å²) in [5, 5.41) is 0.406. The summed E-state index contributed by atoms with van der Waals surface area (Å²) in [7, 11) is 2.02. The van der Waals surface area contributed by atoms with Gasteiger partial charge >= 0.3 is 0 Å². The molecule has 0 atom stereocenters. The molecule has 0 bridgehead atoms. The first kappa shape index (κ1) is 28.5. The molecule has 2 aliphatic carbocycles. The molecule has 40 heavy (non-hydrogen) atoms. The Morgan fingerprint density at radius 1 is 0.900 bits per heavy atom. The zero-order valence-corrected chi connectivity index (χ0v) is 25.5. The fraction of sp³-hybridized carbons (Fsp3) is 0.471. The Balaban J connectivity index is 1.64. The van der Waals surface area contributed by atoms with Crippen molar-refractivity contribution in [3.63, 3.8) is 0 Å². The van der Waals surface area contributed by atoms with Gasteiger partial charge in [-0.2, -0.15) is 0 Å². The zero-order valence-electron chi connectivity index (χ0n) is 24.7. The van der Waals surface area contributed by atoms with Crippen LogP contribution in [0.15, 0.2) is 58.9 Å². The van der Waals surface area contributed by atoms with Gasteiger partial charge in [-0.25, -0.2) is 0 Å². The van der Waals surface area contributed by atoms with Crippen LogP contribution in [0.4, 0.5) is 0 Å². The molecule has 2 aromatic carbocycles. The van der Waals surface area contributed by atoms with Crippen LogP contribution in [-0.2, 0) is 16.2 Å². The number of hydrogen-bond acceptors (Lipinski definition) is 5. The van der Waals surface area contributed by atoms with Crippen molar-refractivity contribution in [2.75, 3.05) is 13.7 Å². The number of hydrogen-bond donors (Lipinski definition) is 0. The highest BCUT2D eigenvalue weighted by molar-refractivity contribution is 6.32. The topological polar surface area (TPSA) is 55.8 Å². The van der Waals surface area contributed by atoms with Crippen LogP contribution in [0.2, 0.25) is 5.02 Å². The normalized spacial score (nSPS) is 20.4. The molecule has 0 N–H and O–H groups in total. The first-order valence-electron chi connectivity index (χ1n) is 14.2. The molecule has 0 radical (unpaired) electrons. The second-order valence-electron chi connectivity index (χ2n) is 13.1. The molecule has 0 unspecified atom stereocenters. The average Bonchev–Trinajstić information content (AvgIpc) is 2.84. The quantitative estimate of drug-likeness (QED) is 0.358. The molecule has 6 heteroatoms. The fourth-order valence-electron chi connectivity index (χ4n) is 6.61. The molecule has 1 heterocycles. The van der Waals surface area contributed by atoms with Crippen molar-refractivity contribution in [1.82, 2.24) is 4.90 Å². The van der Waals surface area contributed by atoms with E-state index in [-0.39, 0.29) is 22.4 Å². The number of Topliss-reactive ketones (excluding diaryl/α,β-unsaturated/α-hetero) is 2. The van der Waals surface area contributed by atoms with Crippen LogP contribution in [0.3, 0.4) is 0 Å². The maximum atomic E-state index is 13.8. The van der Waals surface area contributed by atoms with Gasteiger partial charge in [-0.05, 0) is 60.8 Å². The molecule has 0 saturated heterocycles. The summed E-state index contributed by atoms with van der Waals surface area (Å²) in [5.74, 6) is 0.712. The van der Waals surface area contributed by atoms with E-state index < -0.39 is 5.92 Å². The van der Waals surface area contributed by atoms with Crippen LogP contribution >= 0.6 is 11.6 Å². The summed E-state index contributed by atoms with van der Waals surface area (Å²) < 4.78 is 12.3. The molecule has 5 rings (SSSR count). The Bertz CT molecular complexity index is 1390. The summed E-state index contributed by atoms with van der Waals surface area (Å²) in [6.45, 7) is 13.3. The van der Waals surface area contributed by atoms with Crippen molar-refractivity contribution in [1.29, 1.82) is 0 Å². The lowest BCUT2D eigenvalue weighted by Crippen LogP contribution is -2.43. The lowest BCUT2D eigenvalue weighted by molar-refractivity contribution is -0.119. The number of carbonyl (C=O) groups excluding carboxylic acids is 2. The van der Waals surface area contributed by atoms with Crippen molar-refractivity contribution in [2.45, 2.75) is 79.8 Å². The molecule has 0 amide bonds. The molecule has 212 valence electrons. The zero-order chi connectivity index (χ0) is 29.0. The molecule has 0 spiro atoms. The molecular formula is C34H40ClNO4. The molecule has 0 saturated carbocycles. The Kier molecular flexibility index (Phi) is 7.41. The number of allylic oxidation sites excluding steroid dienone is 4. The van der Waals surface area contributed by atoms with E-state index in [4.69, 9.17) is 21.1 Å². The lowest BCUT2D eigenvalue weighted by Gasteiger charge is -2.48. The Morgan fingerprint density at radius 3 is 2.05 bits per heavy atom. The third-order valence-corrected chi connectivity index (χ3v) is 8.59. The molecule has 5 nitrogen and oxygen atoms in total. The summed E-state index contributed by atoms with van der Waals surface area (Å²) in [6, 6.07) is 11.9. The van der Waals surface area contributed by atoms with Crippen molar-refractivity contribution in [3.05, 3.63) is 80.7 Å². The number of rotatable bonds is 6. The van der Waals surface area contributed by atoms with Crippen LogP contribution < -0.4 is 9.47 Å². The van der Waals surface area contributed by atoms with Gasteiger partial charge in [-0.3, -0.25) is 9.59 Å². The summed E-state index contributed by atoms with van der Waals surface area (Å²) in [5.41, 5.74) is 6.17. The van der Waals surface area contributed by atoms with E-state index in [9.17, 15) is 9.59 Å². The fourth-order valence-corrected chi connectivity index (χ4v) is 6.89. The van der Waals surface area contributed by atoms with Gasteiger partial charge in [0, 0.05) is 48.3 Å². The predicted octanol–water partition coefficient (Wildman–Crippen LogP) is 7.94. The first-order chi connectivity index (χ1) is 18.8. The molecule has 2 aromatic rings. The Hall–Kier alpha value is -3.05. The minimum atomic E-state index is -0.476. The third-order valence-electron chi connectivity index (χ3n) is 8.31. The van der Waals surface area contributed by atoms with Crippen LogP contribution in [0.25, 0.3) is 0 Å². The molecule has 0 aromatic heterocycles. The average molecular weight is 562 g/mol. The minimum absolute atomic E-state index is 0.0983. The van der Waals surface area contributed by atoms with Crippen molar-refractivity contribution in [2.24, 2.45) is 10.8 Å². The van der Waals surface area contributed by atoms with Gasteiger partial charge in [0.05, 0.1) is 11.6 Å². The highest BCUT2D eigenvalue weighted by Gasteiger charge is 2.48. The summed E-state index contributed by atoms with van der Waals surface area (Å²) in [4.78, 5) is 29.8. The third kappa shape index (κ3) is 5.33. The SMILES string of the molecule is CCOc1cc(C2C3=C(CC(C)(C)CC3=O)N(C)C3=C2C(=O)CC(C)(C)C3)cc(Cl)c1OCc1cccc(C)c1. The van der Waals surface area contributed by atoms with Crippen LogP contribution in [0, 0.1) is 17.8 Å². The van der Waals surface area contributed by atoms with Crippen molar-refractivity contribution < 1.29 is 19.1 Å². The van der Waals surface area contributed by atoms with Gasteiger partial charge in [-0.1, -0.05) is 69.1 Å². The number of halogens is 1. The monoisotopic (exact) mass is 561 g/mol. The number of aryl methyl sites for hydroxylation is 1. The van der Waals surface area contributed by atoms with E-state index in [1.807, 2.05) is 51.2 Å². The summed E-state index contributed by atoms with van der Waals surface area (Å²) >= 11 is 6.91. The van der Waals surface area contributed by atoms with Gasteiger partial charge in [-0.15, -0.1) is 0 Å². The minimum Gasteiger partial charge on any atom is -0.490 e. The number of nitrogens with zero attached hydrogens (tertiary/aromatic N) is 1. The molecule has 3 aliphatic rings. The second-order valence-corrected chi connectivity index (χ2v) is 13.5. The standard InChI is InChI=1S/C34H40ClNO4/c1-8-39-28-14-22(13-23(35)32(28)40-19-21-11-9-10-20(2)12-21)29-30-24(15-33(3,4)17-26(30)37)36(7)25-16-34(5,6)18-27(38)31(25)29/h9-14,29H,8,15-19H2,1-7H3. The predicted molar refractivity (Wildman–Crippen MR) is 159 cm³/mol. The number of ether oxygens (including phenoxy) is 2. The highest BCUT2D eigenvalue weighted by Crippen LogP contribution is 2.55. The van der Waals surface area contributed by atoms with E-state index in [1.165, 1.54) is 0 Å². The molecule has 0 fully saturated rings. The van der Waals surface area contributed by atoms with E-state index in [2.05, 4.69) is 38.7 Å². The van der Waals surface area contributed by atoms with Gasteiger partial charge < -0.3 is 14.4 Å². The van der Waals surface area contributed by atoms with Gasteiger partial charge in [0.2, 0.25) is 0 Å². The van der Waals surface area contributed by atoms with E-state index in [0.29, 0.717) is 42.6 Å². The van der Waals surface area contributed by atoms with E-state index in [0.717, 1.165) is 52.1 Å². The van der Waals surface area contributed by atoms with Gasteiger partial charge in [0.15, 0.2) is 23.1 Å².